The molecule has 0 spiro atoms. The molecule has 21 heavy (non-hydrogen) atoms. The maximum Gasteiger partial charge on any atom is 0.243 e. The van der Waals surface area contributed by atoms with E-state index in [1.165, 1.54) is 0 Å². The smallest absolute Gasteiger partial charge is 0.243 e. The molecule has 0 aliphatic rings. The van der Waals surface area contributed by atoms with Gasteiger partial charge < -0.3 is 20.3 Å². The second kappa shape index (κ2) is 15.8. The Morgan fingerprint density at radius 3 is 2.29 bits per heavy atom. The van der Waals surface area contributed by atoms with E-state index in [0.29, 0.717) is 5.96 Å². The molecule has 0 aromatic heterocycles. The van der Waals surface area contributed by atoms with Crippen molar-refractivity contribution in [3.8, 4) is 0 Å². The molecule has 0 unspecified atom stereocenters. The molecule has 0 aliphatic carbocycles. The molecular weight excluding hydrogens is 383 g/mol. The summed E-state index contributed by atoms with van der Waals surface area (Å²) in [5, 5.41) is 6.45. The number of hydrogen-bond acceptors (Lipinski definition) is 3. The Morgan fingerprint density at radius 1 is 1.14 bits per heavy atom. The fourth-order valence-corrected chi connectivity index (χ4v) is 1.37. The number of amides is 1. The predicted octanol–water partition coefficient (Wildman–Crippen LogP) is 1.45. The summed E-state index contributed by atoms with van der Waals surface area (Å²) in [4.78, 5) is 17.4. The van der Waals surface area contributed by atoms with Crippen molar-refractivity contribution >= 4 is 35.8 Å². The Bertz CT molecular complexity index is 286. The largest absolute Gasteiger partial charge is 0.382 e. The number of rotatable bonds is 10. The van der Waals surface area contributed by atoms with Crippen molar-refractivity contribution in [2.24, 2.45) is 4.99 Å². The van der Waals surface area contributed by atoms with Crippen molar-refractivity contribution in [1.29, 1.82) is 0 Å². The normalized spacial score (nSPS) is 10.8. The molecule has 0 atom stereocenters. The van der Waals surface area contributed by atoms with Gasteiger partial charge in [0.05, 0.1) is 0 Å². The highest BCUT2D eigenvalue weighted by molar-refractivity contribution is 14.0. The average molecular weight is 414 g/mol. The Morgan fingerprint density at radius 2 is 1.76 bits per heavy atom. The van der Waals surface area contributed by atoms with Crippen LogP contribution in [0.3, 0.4) is 0 Å². The fourth-order valence-electron chi connectivity index (χ4n) is 1.37. The van der Waals surface area contributed by atoms with Crippen molar-refractivity contribution in [3.05, 3.63) is 0 Å². The quantitative estimate of drug-likeness (QED) is 0.246. The molecule has 0 saturated heterocycles. The first-order valence-corrected chi connectivity index (χ1v) is 7.41. The van der Waals surface area contributed by atoms with Crippen molar-refractivity contribution < 1.29 is 9.53 Å². The molecule has 0 saturated carbocycles. The van der Waals surface area contributed by atoms with E-state index in [1.54, 1.807) is 19.0 Å². The zero-order valence-corrected chi connectivity index (χ0v) is 16.1. The van der Waals surface area contributed by atoms with Crippen LogP contribution in [-0.2, 0) is 9.53 Å². The minimum atomic E-state index is -0.00379. The number of halogens is 1. The van der Waals surface area contributed by atoms with Crippen LogP contribution in [0.5, 0.6) is 0 Å². The zero-order valence-electron chi connectivity index (χ0n) is 13.8. The van der Waals surface area contributed by atoms with Crippen LogP contribution >= 0.6 is 24.0 Å². The lowest BCUT2D eigenvalue weighted by molar-refractivity contribution is -0.127. The van der Waals surface area contributed by atoms with Crippen LogP contribution in [-0.4, -0.2) is 63.7 Å². The van der Waals surface area contributed by atoms with Gasteiger partial charge in [-0.05, 0) is 19.8 Å². The Balaban J connectivity index is 0. The van der Waals surface area contributed by atoms with E-state index in [-0.39, 0.29) is 36.4 Å². The minimum absolute atomic E-state index is 0. The van der Waals surface area contributed by atoms with E-state index in [1.807, 2.05) is 6.92 Å². The van der Waals surface area contributed by atoms with Gasteiger partial charge >= 0.3 is 0 Å². The lowest BCUT2D eigenvalue weighted by Crippen LogP contribution is -2.39. The molecule has 0 bridgehead atoms. The maximum atomic E-state index is 11.5. The Kier molecular flexibility index (Phi) is 17.1. The van der Waals surface area contributed by atoms with Crippen LogP contribution in [0.1, 0.15) is 33.1 Å². The Hall–Kier alpha value is -0.570. The third kappa shape index (κ3) is 14.1. The first-order valence-electron chi connectivity index (χ1n) is 7.41. The number of carbonyl (C=O) groups excluding carboxylic acids is 1. The van der Waals surface area contributed by atoms with Gasteiger partial charge in [0.15, 0.2) is 5.96 Å². The van der Waals surface area contributed by atoms with Gasteiger partial charge in [-0.2, -0.15) is 0 Å². The summed E-state index contributed by atoms with van der Waals surface area (Å²) in [7, 11) is 3.47. The lowest BCUT2D eigenvalue weighted by atomic mass is 10.3. The SMILES string of the molecule is CCCCNC(=NCC(=O)N(C)C)NCCCOCC.I. The molecule has 0 aliphatic heterocycles. The maximum absolute atomic E-state index is 11.5. The van der Waals surface area contributed by atoms with Crippen LogP contribution in [0.4, 0.5) is 0 Å². The van der Waals surface area contributed by atoms with E-state index in [9.17, 15) is 4.79 Å². The third-order valence-electron chi connectivity index (χ3n) is 2.66. The van der Waals surface area contributed by atoms with E-state index < -0.39 is 0 Å². The molecule has 0 aromatic rings. The number of guanidine groups is 1. The number of carbonyl (C=O) groups is 1. The summed E-state index contributed by atoms with van der Waals surface area (Å²) < 4.78 is 5.28. The van der Waals surface area contributed by atoms with Crippen molar-refractivity contribution in [2.75, 3.05) is 46.9 Å². The van der Waals surface area contributed by atoms with Gasteiger partial charge in [-0.3, -0.25) is 4.79 Å². The fraction of sp³-hybridized carbons (Fsp3) is 0.857. The van der Waals surface area contributed by atoms with Crippen LogP contribution in [0.2, 0.25) is 0 Å². The monoisotopic (exact) mass is 414 g/mol. The summed E-state index contributed by atoms with van der Waals surface area (Å²) in [5.74, 6) is 0.695. The molecule has 2 N–H and O–H groups in total. The number of unbranched alkanes of at least 4 members (excludes halogenated alkanes) is 1. The van der Waals surface area contributed by atoms with Crippen LogP contribution in [0.15, 0.2) is 4.99 Å². The molecule has 6 nitrogen and oxygen atoms in total. The summed E-state index contributed by atoms with van der Waals surface area (Å²) >= 11 is 0. The van der Waals surface area contributed by atoms with Crippen LogP contribution in [0.25, 0.3) is 0 Å². The predicted molar refractivity (Wildman–Crippen MR) is 98.4 cm³/mol. The van der Waals surface area contributed by atoms with Gasteiger partial charge in [-0.25, -0.2) is 4.99 Å². The van der Waals surface area contributed by atoms with Gasteiger partial charge in [0, 0.05) is 40.4 Å². The van der Waals surface area contributed by atoms with Crippen molar-refractivity contribution in [2.45, 2.75) is 33.1 Å². The standard InChI is InChI=1S/C14H30N4O2.HI/c1-5-7-9-15-14(16-10-8-11-20-6-2)17-12-13(19)18(3)4;/h5-12H2,1-4H3,(H2,15,16,17);1H. The number of ether oxygens (including phenoxy) is 1. The lowest BCUT2D eigenvalue weighted by Gasteiger charge is -2.13. The molecule has 0 radical (unpaired) electrons. The summed E-state index contributed by atoms with van der Waals surface area (Å²) in [6.45, 7) is 7.43. The van der Waals surface area contributed by atoms with E-state index in [2.05, 4.69) is 22.5 Å². The van der Waals surface area contributed by atoms with Gasteiger partial charge in [0.2, 0.25) is 5.91 Å². The summed E-state index contributed by atoms with van der Waals surface area (Å²) in [5.41, 5.74) is 0. The molecule has 0 fully saturated rings. The zero-order chi connectivity index (χ0) is 15.2. The Labute approximate surface area is 146 Å². The van der Waals surface area contributed by atoms with Gasteiger partial charge in [0.1, 0.15) is 6.54 Å². The summed E-state index contributed by atoms with van der Waals surface area (Å²) in [6, 6.07) is 0. The van der Waals surface area contributed by atoms with E-state index in [4.69, 9.17) is 4.74 Å². The van der Waals surface area contributed by atoms with Crippen LogP contribution in [0, 0.1) is 0 Å². The first kappa shape index (κ1) is 22.7. The second-order valence-electron chi connectivity index (χ2n) is 4.71. The highest BCUT2D eigenvalue weighted by Crippen LogP contribution is 1.86. The topological polar surface area (TPSA) is 66.0 Å². The highest BCUT2D eigenvalue weighted by atomic mass is 127. The number of nitrogens with one attached hydrogen (secondary N) is 2. The first-order chi connectivity index (χ1) is 9.61. The van der Waals surface area contributed by atoms with Crippen LogP contribution < -0.4 is 10.6 Å². The molecule has 1 amide bonds. The van der Waals surface area contributed by atoms with Gasteiger partial charge in [0.25, 0.3) is 0 Å². The van der Waals surface area contributed by atoms with Gasteiger partial charge in [-0.15, -0.1) is 24.0 Å². The summed E-state index contributed by atoms with van der Waals surface area (Å²) in [6.07, 6.45) is 3.13. The van der Waals surface area contributed by atoms with Gasteiger partial charge in [-0.1, -0.05) is 13.3 Å². The number of hydrogen-bond donors (Lipinski definition) is 2. The number of nitrogens with zero attached hydrogens (tertiary/aromatic N) is 2. The van der Waals surface area contributed by atoms with E-state index in [0.717, 1.165) is 45.6 Å². The molecule has 0 rings (SSSR count). The molecular formula is C14H31IN4O2. The minimum Gasteiger partial charge on any atom is -0.382 e. The molecule has 0 heterocycles. The number of likely N-dealkylation sites (N-methyl/N-ethyl adjacent to an activating group) is 1. The van der Waals surface area contributed by atoms with Crippen molar-refractivity contribution in [3.63, 3.8) is 0 Å². The molecule has 126 valence electrons. The molecule has 7 heteroatoms. The third-order valence-corrected chi connectivity index (χ3v) is 2.66. The second-order valence-corrected chi connectivity index (χ2v) is 4.71. The molecule has 0 aromatic carbocycles. The highest BCUT2D eigenvalue weighted by Gasteiger charge is 2.04. The van der Waals surface area contributed by atoms with Crippen molar-refractivity contribution in [1.82, 2.24) is 15.5 Å². The average Bonchev–Trinajstić information content (AvgIpc) is 2.43. The number of aliphatic imine (C=N–C) groups is 1. The van der Waals surface area contributed by atoms with E-state index >= 15 is 0 Å².